The van der Waals surface area contributed by atoms with Crippen LogP contribution in [-0.4, -0.2) is 19.1 Å². The van der Waals surface area contributed by atoms with Crippen molar-refractivity contribution in [2.75, 3.05) is 12.4 Å². The summed E-state index contributed by atoms with van der Waals surface area (Å²) in [6.45, 7) is 2.28. The van der Waals surface area contributed by atoms with Gasteiger partial charge in [0.1, 0.15) is 0 Å². The molecule has 116 valence electrons. The Hall–Kier alpha value is -1.51. The molecule has 2 unspecified atom stereocenters. The fourth-order valence-corrected chi connectivity index (χ4v) is 3.28. The number of carbonyl (C=O) groups excluding carboxylic acids is 1. The zero-order valence-electron chi connectivity index (χ0n) is 13.2. The molecule has 0 aromatic heterocycles. The maximum absolute atomic E-state index is 11.4. The molecule has 2 atom stereocenters. The third-order valence-electron chi connectivity index (χ3n) is 4.46. The molecule has 1 aliphatic carbocycles. The third-order valence-corrected chi connectivity index (χ3v) is 4.46. The number of carbonyl (C=O) groups is 1. The predicted molar refractivity (Wildman–Crippen MR) is 86.7 cm³/mol. The number of methoxy groups -OCH3 is 1. The topological polar surface area (TPSA) is 38.3 Å². The molecule has 0 radical (unpaired) electrons. The van der Waals surface area contributed by atoms with Crippen molar-refractivity contribution in [1.29, 1.82) is 0 Å². The molecule has 21 heavy (non-hydrogen) atoms. The molecule has 0 amide bonds. The Morgan fingerprint density at radius 1 is 1.19 bits per heavy atom. The van der Waals surface area contributed by atoms with Crippen LogP contribution in [0.25, 0.3) is 0 Å². The molecule has 0 heterocycles. The van der Waals surface area contributed by atoms with E-state index in [0.29, 0.717) is 11.6 Å². The van der Waals surface area contributed by atoms with Crippen LogP contribution in [0.2, 0.25) is 0 Å². The van der Waals surface area contributed by atoms with E-state index in [-0.39, 0.29) is 5.97 Å². The summed E-state index contributed by atoms with van der Waals surface area (Å²) in [7, 11) is 1.41. The van der Waals surface area contributed by atoms with Gasteiger partial charge in [-0.05, 0) is 49.4 Å². The minimum absolute atomic E-state index is 0.279. The first kappa shape index (κ1) is 15.9. The molecule has 0 spiro atoms. The Balaban J connectivity index is 1.88. The monoisotopic (exact) mass is 289 g/mol. The highest BCUT2D eigenvalue weighted by molar-refractivity contribution is 5.89. The predicted octanol–water partition coefficient (Wildman–Crippen LogP) is 4.63. The molecule has 3 heteroatoms. The fraction of sp³-hybridized carbons (Fsp3) is 0.611. The molecule has 0 saturated heterocycles. The minimum Gasteiger partial charge on any atom is -0.465 e. The van der Waals surface area contributed by atoms with Crippen LogP contribution in [0.4, 0.5) is 5.69 Å². The average molecular weight is 289 g/mol. The van der Waals surface area contributed by atoms with Crippen LogP contribution in [0.5, 0.6) is 0 Å². The Morgan fingerprint density at radius 3 is 2.62 bits per heavy atom. The second-order valence-electron chi connectivity index (χ2n) is 6.07. The van der Waals surface area contributed by atoms with Gasteiger partial charge in [-0.15, -0.1) is 0 Å². The number of hydrogen-bond acceptors (Lipinski definition) is 3. The van der Waals surface area contributed by atoms with Crippen molar-refractivity contribution in [3.8, 4) is 0 Å². The van der Waals surface area contributed by atoms with Crippen molar-refractivity contribution in [3.05, 3.63) is 29.8 Å². The molecule has 1 saturated carbocycles. The largest absolute Gasteiger partial charge is 0.465 e. The SMILES string of the molecule is CCCC1CCCC(Nc2ccc(C(=O)OC)cc2)CC1. The van der Waals surface area contributed by atoms with E-state index in [1.807, 2.05) is 24.3 Å². The molecule has 1 aliphatic rings. The quantitative estimate of drug-likeness (QED) is 0.634. The van der Waals surface area contributed by atoms with Gasteiger partial charge in [-0.1, -0.05) is 32.6 Å². The van der Waals surface area contributed by atoms with Crippen molar-refractivity contribution in [2.45, 2.75) is 57.9 Å². The van der Waals surface area contributed by atoms with E-state index in [1.54, 1.807) is 0 Å². The van der Waals surface area contributed by atoms with Crippen molar-refractivity contribution >= 4 is 11.7 Å². The van der Waals surface area contributed by atoms with Crippen LogP contribution in [0.3, 0.4) is 0 Å². The molecular formula is C18H27NO2. The highest BCUT2D eigenvalue weighted by Crippen LogP contribution is 2.28. The lowest BCUT2D eigenvalue weighted by Gasteiger charge is -2.18. The van der Waals surface area contributed by atoms with E-state index in [9.17, 15) is 4.79 Å². The van der Waals surface area contributed by atoms with E-state index in [1.165, 1.54) is 52.1 Å². The minimum atomic E-state index is -0.279. The van der Waals surface area contributed by atoms with Crippen LogP contribution in [0, 0.1) is 5.92 Å². The maximum atomic E-state index is 11.4. The number of anilines is 1. The zero-order chi connectivity index (χ0) is 15.1. The Kier molecular flexibility index (Phi) is 6.09. The van der Waals surface area contributed by atoms with E-state index in [2.05, 4.69) is 12.2 Å². The van der Waals surface area contributed by atoms with Gasteiger partial charge in [0.2, 0.25) is 0 Å². The van der Waals surface area contributed by atoms with Crippen LogP contribution in [0.15, 0.2) is 24.3 Å². The van der Waals surface area contributed by atoms with E-state index in [4.69, 9.17) is 4.74 Å². The maximum Gasteiger partial charge on any atom is 0.337 e. The van der Waals surface area contributed by atoms with Gasteiger partial charge in [0.25, 0.3) is 0 Å². The number of hydrogen-bond donors (Lipinski definition) is 1. The van der Waals surface area contributed by atoms with Gasteiger partial charge in [-0.25, -0.2) is 4.79 Å². The van der Waals surface area contributed by atoms with Gasteiger partial charge in [0.15, 0.2) is 0 Å². The molecule has 1 fully saturated rings. The molecule has 1 aromatic carbocycles. The number of nitrogens with one attached hydrogen (secondary N) is 1. The number of benzene rings is 1. The van der Waals surface area contributed by atoms with Crippen molar-refractivity contribution in [2.24, 2.45) is 5.92 Å². The van der Waals surface area contributed by atoms with Crippen molar-refractivity contribution < 1.29 is 9.53 Å². The standard InChI is InChI=1S/C18H27NO2/c1-3-5-14-6-4-7-16(11-8-14)19-17-12-9-15(10-13-17)18(20)21-2/h9-10,12-14,16,19H,3-8,11H2,1-2H3. The van der Waals surface area contributed by atoms with Gasteiger partial charge in [0, 0.05) is 11.7 Å². The summed E-state index contributed by atoms with van der Waals surface area (Å²) < 4.78 is 4.72. The van der Waals surface area contributed by atoms with Gasteiger partial charge >= 0.3 is 5.97 Å². The molecule has 0 bridgehead atoms. The number of esters is 1. The van der Waals surface area contributed by atoms with Crippen molar-refractivity contribution in [1.82, 2.24) is 0 Å². The summed E-state index contributed by atoms with van der Waals surface area (Å²) in [4.78, 5) is 11.4. The van der Waals surface area contributed by atoms with Gasteiger partial charge in [-0.3, -0.25) is 0 Å². The first-order chi connectivity index (χ1) is 10.2. The lowest BCUT2D eigenvalue weighted by atomic mass is 9.95. The summed E-state index contributed by atoms with van der Waals surface area (Å²) in [6, 6.07) is 8.16. The summed E-state index contributed by atoms with van der Waals surface area (Å²) in [5.74, 6) is 0.641. The van der Waals surface area contributed by atoms with Crippen LogP contribution in [-0.2, 0) is 4.74 Å². The second-order valence-corrected chi connectivity index (χ2v) is 6.07. The summed E-state index contributed by atoms with van der Waals surface area (Å²) in [5, 5.41) is 3.62. The lowest BCUT2D eigenvalue weighted by Crippen LogP contribution is -2.18. The average Bonchev–Trinajstić information content (AvgIpc) is 2.73. The molecule has 1 N–H and O–H groups in total. The Morgan fingerprint density at radius 2 is 1.95 bits per heavy atom. The Labute approximate surface area is 128 Å². The first-order valence-corrected chi connectivity index (χ1v) is 8.17. The van der Waals surface area contributed by atoms with Crippen molar-refractivity contribution in [3.63, 3.8) is 0 Å². The second kappa shape index (κ2) is 8.06. The zero-order valence-corrected chi connectivity index (χ0v) is 13.2. The van der Waals surface area contributed by atoms with Gasteiger partial charge < -0.3 is 10.1 Å². The van der Waals surface area contributed by atoms with Gasteiger partial charge in [0.05, 0.1) is 12.7 Å². The molecule has 1 aromatic rings. The highest BCUT2D eigenvalue weighted by atomic mass is 16.5. The molecule has 0 aliphatic heterocycles. The summed E-state index contributed by atoms with van der Waals surface area (Å²) in [6.07, 6.45) is 9.22. The van der Waals surface area contributed by atoms with E-state index >= 15 is 0 Å². The summed E-state index contributed by atoms with van der Waals surface area (Å²) in [5.41, 5.74) is 1.70. The normalized spacial score (nSPS) is 22.4. The smallest absolute Gasteiger partial charge is 0.337 e. The van der Waals surface area contributed by atoms with E-state index < -0.39 is 0 Å². The number of ether oxygens (including phenoxy) is 1. The molecule has 3 nitrogen and oxygen atoms in total. The lowest BCUT2D eigenvalue weighted by molar-refractivity contribution is 0.0601. The Bertz CT molecular complexity index is 441. The first-order valence-electron chi connectivity index (χ1n) is 8.17. The molecular weight excluding hydrogens is 262 g/mol. The van der Waals surface area contributed by atoms with Crippen LogP contribution >= 0.6 is 0 Å². The van der Waals surface area contributed by atoms with E-state index in [0.717, 1.165) is 11.6 Å². The highest BCUT2D eigenvalue weighted by Gasteiger charge is 2.18. The fourth-order valence-electron chi connectivity index (χ4n) is 3.28. The summed E-state index contributed by atoms with van der Waals surface area (Å²) >= 11 is 0. The number of rotatable bonds is 5. The van der Waals surface area contributed by atoms with Crippen LogP contribution < -0.4 is 5.32 Å². The third kappa shape index (κ3) is 4.76. The molecule has 2 rings (SSSR count). The van der Waals surface area contributed by atoms with Crippen LogP contribution in [0.1, 0.15) is 62.2 Å². The van der Waals surface area contributed by atoms with Gasteiger partial charge in [-0.2, -0.15) is 0 Å².